The Morgan fingerprint density at radius 3 is 2.52 bits per heavy atom. The van der Waals surface area contributed by atoms with Gasteiger partial charge in [0.2, 0.25) is 5.71 Å². The van der Waals surface area contributed by atoms with E-state index in [0.29, 0.717) is 28.2 Å². The molecule has 1 amide bonds. The molecule has 0 aliphatic rings. The molecule has 0 aliphatic carbocycles. The number of hydrogen-bond acceptors (Lipinski definition) is 5. The highest BCUT2D eigenvalue weighted by Crippen LogP contribution is 2.32. The molecule has 25 heavy (non-hydrogen) atoms. The molecule has 6 nitrogen and oxygen atoms in total. The minimum Gasteiger partial charge on any atom is -0.445 e. The molecule has 122 valence electrons. The zero-order chi connectivity index (χ0) is 17.2. The number of carbonyl (C=O) groups is 1. The van der Waals surface area contributed by atoms with Crippen molar-refractivity contribution in [3.05, 3.63) is 72.8 Å². The van der Waals surface area contributed by atoms with E-state index in [1.165, 1.54) is 6.33 Å². The lowest BCUT2D eigenvalue weighted by Gasteiger charge is -2.06. The van der Waals surface area contributed by atoms with Crippen LogP contribution < -0.4 is 11.1 Å². The topological polar surface area (TPSA) is 94.0 Å². The van der Waals surface area contributed by atoms with Crippen LogP contribution in [0, 0.1) is 0 Å². The number of hydrogen-bond donors (Lipinski definition) is 2. The Labute approximate surface area is 143 Å². The van der Waals surface area contributed by atoms with Crippen LogP contribution in [0.25, 0.3) is 22.2 Å². The van der Waals surface area contributed by atoms with Crippen molar-refractivity contribution in [1.82, 2.24) is 9.97 Å². The van der Waals surface area contributed by atoms with Crippen LogP contribution in [0.15, 0.2) is 71.6 Å². The molecular formula is C19H14N4O2. The highest BCUT2D eigenvalue weighted by molar-refractivity contribution is 6.04. The second-order valence-electron chi connectivity index (χ2n) is 5.49. The molecule has 0 spiro atoms. The molecule has 0 fully saturated rings. The fraction of sp³-hybridized carbons (Fsp3) is 0. The summed E-state index contributed by atoms with van der Waals surface area (Å²) in [5, 5.41) is 3.55. The average Bonchev–Trinajstić information content (AvgIpc) is 3.09. The Morgan fingerprint density at radius 1 is 1.00 bits per heavy atom. The van der Waals surface area contributed by atoms with Gasteiger partial charge in [-0.1, -0.05) is 30.3 Å². The number of furan rings is 1. The molecule has 3 N–H and O–H groups in total. The average molecular weight is 330 g/mol. The van der Waals surface area contributed by atoms with Crippen molar-refractivity contribution in [2.75, 3.05) is 11.1 Å². The molecule has 0 unspecified atom stereocenters. The number of benzene rings is 2. The summed E-state index contributed by atoms with van der Waals surface area (Å²) in [6.45, 7) is 0. The molecule has 4 aromatic rings. The van der Waals surface area contributed by atoms with Crippen LogP contribution in [0.2, 0.25) is 0 Å². The number of aromatic nitrogens is 2. The summed E-state index contributed by atoms with van der Waals surface area (Å²) in [6.07, 6.45) is 2.97. The smallest absolute Gasteiger partial charge is 0.255 e. The fourth-order valence-electron chi connectivity index (χ4n) is 2.64. The second-order valence-corrected chi connectivity index (χ2v) is 5.49. The number of anilines is 2. The summed E-state index contributed by atoms with van der Waals surface area (Å²) in [5.41, 5.74) is 9.41. The summed E-state index contributed by atoms with van der Waals surface area (Å²) in [5.74, 6) is 0.218. The molecular weight excluding hydrogens is 316 g/mol. The monoisotopic (exact) mass is 330 g/mol. The summed E-state index contributed by atoms with van der Waals surface area (Å²) in [4.78, 5) is 20.3. The highest BCUT2D eigenvalue weighted by Gasteiger charge is 2.13. The summed E-state index contributed by atoms with van der Waals surface area (Å²) >= 11 is 0. The van der Waals surface area contributed by atoms with E-state index >= 15 is 0 Å². The quantitative estimate of drug-likeness (QED) is 0.597. The van der Waals surface area contributed by atoms with Crippen LogP contribution in [-0.2, 0) is 0 Å². The molecule has 0 radical (unpaired) electrons. The SMILES string of the molecule is Nc1ncnc2occ(-c3ccc(NC(=O)c4ccccc4)cc3)c12. The van der Waals surface area contributed by atoms with Gasteiger partial charge in [-0.3, -0.25) is 4.79 Å². The molecule has 0 bridgehead atoms. The van der Waals surface area contributed by atoms with E-state index in [0.717, 1.165) is 11.1 Å². The predicted octanol–water partition coefficient (Wildman–Crippen LogP) is 3.72. The van der Waals surface area contributed by atoms with Gasteiger partial charge in [0.25, 0.3) is 5.91 Å². The third-order valence-electron chi connectivity index (χ3n) is 3.89. The maximum atomic E-state index is 12.2. The van der Waals surface area contributed by atoms with Crippen LogP contribution in [0.3, 0.4) is 0 Å². The van der Waals surface area contributed by atoms with Crippen molar-refractivity contribution < 1.29 is 9.21 Å². The van der Waals surface area contributed by atoms with Gasteiger partial charge >= 0.3 is 0 Å². The van der Waals surface area contributed by atoms with E-state index in [1.807, 2.05) is 42.5 Å². The first kappa shape index (κ1) is 14.9. The number of carbonyl (C=O) groups excluding carboxylic acids is 1. The van der Waals surface area contributed by atoms with Gasteiger partial charge < -0.3 is 15.5 Å². The predicted molar refractivity (Wildman–Crippen MR) is 96.0 cm³/mol. The van der Waals surface area contributed by atoms with Gasteiger partial charge in [-0.25, -0.2) is 9.97 Å². The number of nitrogen functional groups attached to an aromatic ring is 1. The Bertz CT molecular complexity index is 1040. The Hall–Kier alpha value is -3.67. The lowest BCUT2D eigenvalue weighted by Crippen LogP contribution is -2.11. The number of nitrogens with one attached hydrogen (secondary N) is 1. The number of nitrogens with zero attached hydrogens (tertiary/aromatic N) is 2. The lowest BCUT2D eigenvalue weighted by molar-refractivity contribution is 0.102. The van der Waals surface area contributed by atoms with Gasteiger partial charge in [0.05, 0.1) is 5.39 Å². The van der Waals surface area contributed by atoms with E-state index in [9.17, 15) is 4.79 Å². The molecule has 0 saturated heterocycles. The van der Waals surface area contributed by atoms with Gasteiger partial charge in [-0.05, 0) is 29.8 Å². The first-order valence-electron chi connectivity index (χ1n) is 7.67. The maximum absolute atomic E-state index is 12.2. The van der Waals surface area contributed by atoms with Crippen LogP contribution in [0.1, 0.15) is 10.4 Å². The van der Waals surface area contributed by atoms with Crippen LogP contribution in [0.5, 0.6) is 0 Å². The van der Waals surface area contributed by atoms with Crippen LogP contribution >= 0.6 is 0 Å². The van der Waals surface area contributed by atoms with E-state index in [-0.39, 0.29) is 5.91 Å². The van der Waals surface area contributed by atoms with E-state index in [2.05, 4.69) is 15.3 Å². The lowest BCUT2D eigenvalue weighted by atomic mass is 10.1. The minimum atomic E-state index is -0.153. The first-order chi connectivity index (χ1) is 12.2. The van der Waals surface area contributed by atoms with Crippen molar-refractivity contribution in [2.24, 2.45) is 0 Å². The summed E-state index contributed by atoms with van der Waals surface area (Å²) < 4.78 is 5.44. The molecule has 2 aromatic carbocycles. The molecule has 2 aromatic heterocycles. The fourth-order valence-corrected chi connectivity index (χ4v) is 2.64. The number of amides is 1. The second kappa shape index (κ2) is 6.09. The largest absolute Gasteiger partial charge is 0.445 e. The highest BCUT2D eigenvalue weighted by atomic mass is 16.3. The van der Waals surface area contributed by atoms with Crippen molar-refractivity contribution in [3.63, 3.8) is 0 Å². The number of rotatable bonds is 3. The summed E-state index contributed by atoms with van der Waals surface area (Å²) in [6, 6.07) is 16.5. The molecule has 2 heterocycles. The van der Waals surface area contributed by atoms with Gasteiger partial charge in [-0.15, -0.1) is 0 Å². The number of nitrogens with two attached hydrogens (primary N) is 1. The summed E-state index contributed by atoms with van der Waals surface area (Å²) in [7, 11) is 0. The van der Waals surface area contributed by atoms with Gasteiger partial charge in [0, 0.05) is 16.8 Å². The third-order valence-corrected chi connectivity index (χ3v) is 3.89. The molecule has 0 aliphatic heterocycles. The Kier molecular flexibility index (Phi) is 3.63. The van der Waals surface area contributed by atoms with Crippen molar-refractivity contribution in [1.29, 1.82) is 0 Å². The zero-order valence-corrected chi connectivity index (χ0v) is 13.1. The van der Waals surface area contributed by atoms with Gasteiger partial charge in [0.1, 0.15) is 18.4 Å². The van der Waals surface area contributed by atoms with Gasteiger partial charge in [-0.2, -0.15) is 0 Å². The Balaban J connectivity index is 1.61. The maximum Gasteiger partial charge on any atom is 0.255 e. The molecule has 0 atom stereocenters. The zero-order valence-electron chi connectivity index (χ0n) is 13.1. The third kappa shape index (κ3) is 2.81. The van der Waals surface area contributed by atoms with Crippen LogP contribution in [0.4, 0.5) is 11.5 Å². The molecule has 0 saturated carbocycles. The van der Waals surface area contributed by atoms with Crippen LogP contribution in [-0.4, -0.2) is 15.9 Å². The standard InChI is InChI=1S/C19H14N4O2/c20-17-16-15(10-25-19(16)22-11-21-17)12-6-8-14(9-7-12)23-18(24)13-4-2-1-3-5-13/h1-11H,(H,23,24)(H2,20,21,22). The van der Waals surface area contributed by atoms with Gasteiger partial charge in [0.15, 0.2) is 0 Å². The van der Waals surface area contributed by atoms with E-state index < -0.39 is 0 Å². The van der Waals surface area contributed by atoms with E-state index in [1.54, 1.807) is 18.4 Å². The van der Waals surface area contributed by atoms with Crippen molar-refractivity contribution >= 4 is 28.5 Å². The molecule has 6 heteroatoms. The number of fused-ring (bicyclic) bond motifs is 1. The normalized spacial score (nSPS) is 10.7. The minimum absolute atomic E-state index is 0.153. The first-order valence-corrected chi connectivity index (χ1v) is 7.67. The van der Waals surface area contributed by atoms with Crippen molar-refractivity contribution in [2.45, 2.75) is 0 Å². The van der Waals surface area contributed by atoms with E-state index in [4.69, 9.17) is 10.2 Å². The van der Waals surface area contributed by atoms with Crippen molar-refractivity contribution in [3.8, 4) is 11.1 Å². The Morgan fingerprint density at radius 2 is 1.76 bits per heavy atom. The molecule has 4 rings (SSSR count).